The molecular formula is C13H20N2O. The summed E-state index contributed by atoms with van der Waals surface area (Å²) < 4.78 is 5.73. The molecule has 1 N–H and O–H groups in total. The molecule has 0 aromatic carbocycles. The van der Waals surface area contributed by atoms with E-state index >= 15 is 0 Å². The van der Waals surface area contributed by atoms with E-state index in [1.165, 1.54) is 18.4 Å². The molecule has 1 aromatic heterocycles. The average molecular weight is 220 g/mol. The Morgan fingerprint density at radius 3 is 2.75 bits per heavy atom. The van der Waals surface area contributed by atoms with Crippen LogP contribution in [0.2, 0.25) is 0 Å². The Balaban J connectivity index is 1.58. The smallest absolute Gasteiger partial charge is 0.0506 e. The summed E-state index contributed by atoms with van der Waals surface area (Å²) in [5.41, 5.74) is 1.31. The molecule has 3 nitrogen and oxygen atoms in total. The highest BCUT2D eigenvalue weighted by Gasteiger charge is 2.12. The summed E-state index contributed by atoms with van der Waals surface area (Å²) in [7, 11) is 0. The SMILES string of the molecule is c1cc(CCOCC2CCNCC2)ccn1. The second-order valence-electron chi connectivity index (χ2n) is 4.37. The van der Waals surface area contributed by atoms with Gasteiger partial charge in [-0.15, -0.1) is 0 Å². The van der Waals surface area contributed by atoms with Crippen LogP contribution in [-0.4, -0.2) is 31.3 Å². The lowest BCUT2D eigenvalue weighted by Crippen LogP contribution is -2.30. The summed E-state index contributed by atoms with van der Waals surface area (Å²) in [5.74, 6) is 0.763. The molecule has 1 aliphatic rings. The van der Waals surface area contributed by atoms with Crippen molar-refractivity contribution in [3.8, 4) is 0 Å². The maximum absolute atomic E-state index is 5.73. The Bertz CT molecular complexity index is 283. The van der Waals surface area contributed by atoms with Crippen LogP contribution in [0.5, 0.6) is 0 Å². The lowest BCUT2D eigenvalue weighted by atomic mass is 9.99. The van der Waals surface area contributed by atoms with Gasteiger partial charge in [0.2, 0.25) is 0 Å². The van der Waals surface area contributed by atoms with Crippen molar-refractivity contribution in [3.05, 3.63) is 30.1 Å². The first-order valence-corrected chi connectivity index (χ1v) is 6.12. The number of rotatable bonds is 5. The second-order valence-corrected chi connectivity index (χ2v) is 4.37. The minimum absolute atomic E-state index is 0.763. The number of nitrogens with zero attached hydrogens (tertiary/aromatic N) is 1. The maximum atomic E-state index is 5.73. The van der Waals surface area contributed by atoms with Crippen molar-refractivity contribution in [2.75, 3.05) is 26.3 Å². The predicted molar refractivity (Wildman–Crippen MR) is 64.4 cm³/mol. The molecule has 1 fully saturated rings. The van der Waals surface area contributed by atoms with E-state index in [1.54, 1.807) is 0 Å². The molecule has 1 aliphatic heterocycles. The van der Waals surface area contributed by atoms with Crippen molar-refractivity contribution in [3.63, 3.8) is 0 Å². The zero-order valence-corrected chi connectivity index (χ0v) is 9.69. The molecule has 0 amide bonds. The molecule has 3 heteroatoms. The van der Waals surface area contributed by atoms with Crippen molar-refractivity contribution in [1.29, 1.82) is 0 Å². The maximum Gasteiger partial charge on any atom is 0.0506 e. The molecule has 0 atom stereocenters. The Morgan fingerprint density at radius 1 is 1.25 bits per heavy atom. The van der Waals surface area contributed by atoms with Gasteiger partial charge in [-0.2, -0.15) is 0 Å². The highest BCUT2D eigenvalue weighted by Crippen LogP contribution is 2.11. The number of hydrogen-bond donors (Lipinski definition) is 1. The van der Waals surface area contributed by atoms with Gasteiger partial charge in [0.1, 0.15) is 0 Å². The van der Waals surface area contributed by atoms with E-state index in [4.69, 9.17) is 4.74 Å². The van der Waals surface area contributed by atoms with Crippen molar-refractivity contribution in [2.45, 2.75) is 19.3 Å². The molecular weight excluding hydrogens is 200 g/mol. The van der Waals surface area contributed by atoms with Crippen LogP contribution in [0.4, 0.5) is 0 Å². The van der Waals surface area contributed by atoms with Gasteiger partial charge < -0.3 is 10.1 Å². The fraction of sp³-hybridized carbons (Fsp3) is 0.615. The van der Waals surface area contributed by atoms with Crippen molar-refractivity contribution >= 4 is 0 Å². The van der Waals surface area contributed by atoms with E-state index in [0.29, 0.717) is 0 Å². The lowest BCUT2D eigenvalue weighted by molar-refractivity contribution is 0.0901. The van der Waals surface area contributed by atoms with Gasteiger partial charge in [0.15, 0.2) is 0 Å². The third kappa shape index (κ3) is 3.91. The molecule has 0 saturated carbocycles. The minimum Gasteiger partial charge on any atom is -0.381 e. The van der Waals surface area contributed by atoms with Gasteiger partial charge in [-0.25, -0.2) is 0 Å². The monoisotopic (exact) mass is 220 g/mol. The van der Waals surface area contributed by atoms with E-state index in [9.17, 15) is 0 Å². The number of nitrogens with one attached hydrogen (secondary N) is 1. The van der Waals surface area contributed by atoms with Crippen LogP contribution in [0, 0.1) is 5.92 Å². The van der Waals surface area contributed by atoms with Crippen molar-refractivity contribution in [1.82, 2.24) is 10.3 Å². The normalized spacial score (nSPS) is 17.5. The zero-order chi connectivity index (χ0) is 11.1. The van der Waals surface area contributed by atoms with E-state index in [-0.39, 0.29) is 0 Å². The van der Waals surface area contributed by atoms with Gasteiger partial charge in [0, 0.05) is 19.0 Å². The molecule has 1 aromatic rings. The molecule has 2 heterocycles. The topological polar surface area (TPSA) is 34.1 Å². The predicted octanol–water partition coefficient (Wildman–Crippen LogP) is 1.64. The molecule has 1 saturated heterocycles. The van der Waals surface area contributed by atoms with Crippen molar-refractivity contribution < 1.29 is 4.74 Å². The molecule has 0 aliphatic carbocycles. The van der Waals surface area contributed by atoms with Gasteiger partial charge in [-0.1, -0.05) is 0 Å². The van der Waals surface area contributed by atoms with Crippen LogP contribution in [0.3, 0.4) is 0 Å². The Kier molecular flexibility index (Phi) is 4.77. The summed E-state index contributed by atoms with van der Waals surface area (Å²) >= 11 is 0. The van der Waals surface area contributed by atoms with Gasteiger partial charge in [0.25, 0.3) is 0 Å². The van der Waals surface area contributed by atoms with E-state index in [1.807, 2.05) is 24.5 Å². The molecule has 0 radical (unpaired) electrons. The highest BCUT2D eigenvalue weighted by atomic mass is 16.5. The molecule has 0 unspecified atom stereocenters. The van der Waals surface area contributed by atoms with E-state index < -0.39 is 0 Å². The quantitative estimate of drug-likeness (QED) is 0.766. The second kappa shape index (κ2) is 6.61. The van der Waals surface area contributed by atoms with Crippen LogP contribution in [0.1, 0.15) is 18.4 Å². The van der Waals surface area contributed by atoms with Crippen LogP contribution < -0.4 is 5.32 Å². The number of piperidine rings is 1. The minimum atomic E-state index is 0.763. The van der Waals surface area contributed by atoms with Gasteiger partial charge in [0.05, 0.1) is 6.61 Å². The largest absolute Gasteiger partial charge is 0.381 e. The summed E-state index contributed by atoms with van der Waals surface area (Å²) in [5, 5.41) is 3.37. The first-order valence-electron chi connectivity index (χ1n) is 6.12. The Hall–Kier alpha value is -0.930. The highest BCUT2D eigenvalue weighted by molar-refractivity contribution is 5.09. The van der Waals surface area contributed by atoms with Gasteiger partial charge in [-0.3, -0.25) is 4.98 Å². The number of ether oxygens (including phenoxy) is 1. The Labute approximate surface area is 97.2 Å². The zero-order valence-electron chi connectivity index (χ0n) is 9.69. The number of hydrogen-bond acceptors (Lipinski definition) is 3. The van der Waals surface area contributed by atoms with Crippen LogP contribution in [0.25, 0.3) is 0 Å². The van der Waals surface area contributed by atoms with Gasteiger partial charge >= 0.3 is 0 Å². The van der Waals surface area contributed by atoms with Crippen molar-refractivity contribution in [2.24, 2.45) is 5.92 Å². The fourth-order valence-electron chi connectivity index (χ4n) is 2.04. The third-order valence-electron chi connectivity index (χ3n) is 3.10. The first-order chi connectivity index (χ1) is 7.95. The molecule has 88 valence electrons. The average Bonchev–Trinajstić information content (AvgIpc) is 2.37. The fourth-order valence-corrected chi connectivity index (χ4v) is 2.04. The van der Waals surface area contributed by atoms with E-state index in [2.05, 4.69) is 10.3 Å². The number of pyridine rings is 1. The van der Waals surface area contributed by atoms with Crippen LogP contribution in [-0.2, 0) is 11.2 Å². The van der Waals surface area contributed by atoms with Crippen LogP contribution in [0.15, 0.2) is 24.5 Å². The molecule has 16 heavy (non-hydrogen) atoms. The molecule has 2 rings (SSSR count). The molecule has 0 spiro atoms. The molecule has 0 bridgehead atoms. The first kappa shape index (κ1) is 11.6. The Morgan fingerprint density at radius 2 is 2.00 bits per heavy atom. The summed E-state index contributed by atoms with van der Waals surface area (Å²) in [6.07, 6.45) is 7.18. The summed E-state index contributed by atoms with van der Waals surface area (Å²) in [6.45, 7) is 4.05. The van der Waals surface area contributed by atoms with E-state index in [0.717, 1.165) is 38.6 Å². The summed E-state index contributed by atoms with van der Waals surface area (Å²) in [6, 6.07) is 4.10. The van der Waals surface area contributed by atoms with Gasteiger partial charge in [-0.05, 0) is 56.0 Å². The van der Waals surface area contributed by atoms with Crippen LogP contribution >= 0.6 is 0 Å². The summed E-state index contributed by atoms with van der Waals surface area (Å²) in [4.78, 5) is 4.00. The third-order valence-corrected chi connectivity index (χ3v) is 3.10. The lowest BCUT2D eigenvalue weighted by Gasteiger charge is -2.22. The number of aromatic nitrogens is 1. The standard InChI is InChI=1S/C13H20N2O/c1-6-14-7-2-12(1)5-10-16-11-13-3-8-15-9-4-13/h1-2,6-7,13,15H,3-5,8-11H2.